The summed E-state index contributed by atoms with van der Waals surface area (Å²) in [5, 5.41) is 14.3. The van der Waals surface area contributed by atoms with E-state index in [-0.39, 0.29) is 29.7 Å². The van der Waals surface area contributed by atoms with Crippen molar-refractivity contribution in [2.45, 2.75) is 104 Å². The fraction of sp³-hybridized carbons (Fsp3) is 0.633. The van der Waals surface area contributed by atoms with E-state index in [1.807, 2.05) is 58.9 Å². The van der Waals surface area contributed by atoms with Crippen LogP contribution >= 0.6 is 0 Å². The Labute approximate surface area is 242 Å². The predicted molar refractivity (Wildman–Crippen MR) is 153 cm³/mol. The van der Waals surface area contributed by atoms with Crippen molar-refractivity contribution in [3.8, 4) is 0 Å². The lowest BCUT2D eigenvalue weighted by Crippen LogP contribution is -2.45. The van der Waals surface area contributed by atoms with Crippen molar-refractivity contribution in [1.29, 1.82) is 0 Å². The van der Waals surface area contributed by atoms with Crippen molar-refractivity contribution in [1.82, 2.24) is 25.7 Å². The number of aryl methyl sites for hydroxylation is 1. The Bertz CT molecular complexity index is 1170. The third kappa shape index (κ3) is 10.1. The van der Waals surface area contributed by atoms with Gasteiger partial charge in [0, 0.05) is 25.4 Å². The maximum atomic E-state index is 13.4. The van der Waals surface area contributed by atoms with E-state index in [4.69, 9.17) is 13.9 Å². The molecule has 226 valence electrons. The van der Waals surface area contributed by atoms with Crippen LogP contribution in [-0.4, -0.2) is 57.5 Å². The van der Waals surface area contributed by atoms with Crippen LogP contribution in [0.25, 0.3) is 0 Å². The van der Waals surface area contributed by atoms with Crippen LogP contribution in [0.15, 0.2) is 28.7 Å². The molecule has 0 spiro atoms. The maximum Gasteiger partial charge on any atom is 0.410 e. The highest BCUT2D eigenvalue weighted by Gasteiger charge is 2.32. The maximum absolute atomic E-state index is 13.4. The summed E-state index contributed by atoms with van der Waals surface area (Å²) < 4.78 is 16.9. The summed E-state index contributed by atoms with van der Waals surface area (Å²) in [7, 11) is 0. The minimum atomic E-state index is -0.644. The molecule has 1 fully saturated rings. The van der Waals surface area contributed by atoms with Crippen LogP contribution in [0, 0.1) is 12.8 Å². The van der Waals surface area contributed by atoms with Crippen molar-refractivity contribution in [3.05, 3.63) is 47.2 Å². The van der Waals surface area contributed by atoms with Gasteiger partial charge in [0.05, 0.1) is 0 Å². The van der Waals surface area contributed by atoms with Gasteiger partial charge in [0.15, 0.2) is 0 Å². The van der Waals surface area contributed by atoms with E-state index >= 15 is 0 Å². The molecule has 1 aromatic carbocycles. The Morgan fingerprint density at radius 2 is 1.49 bits per heavy atom. The second-order valence-corrected chi connectivity index (χ2v) is 12.6. The highest BCUT2D eigenvalue weighted by molar-refractivity contribution is 5.79. The summed E-state index contributed by atoms with van der Waals surface area (Å²) in [5.41, 5.74) is 0.912. The molecule has 0 bridgehead atoms. The van der Waals surface area contributed by atoms with E-state index in [1.54, 1.807) is 25.7 Å². The number of carbonyl (C=O) groups is 3. The number of alkyl carbamates (subject to hydrolysis) is 1. The molecule has 0 aliphatic carbocycles. The molecule has 1 saturated heterocycles. The molecule has 2 atom stereocenters. The first-order valence-electron chi connectivity index (χ1n) is 14.3. The number of hydrogen-bond acceptors (Lipinski definition) is 8. The second kappa shape index (κ2) is 13.4. The Kier molecular flexibility index (Phi) is 10.4. The number of likely N-dealkylation sites (tertiary alicyclic amines) is 1. The number of hydrogen-bond donors (Lipinski definition) is 2. The number of rotatable bonds is 8. The van der Waals surface area contributed by atoms with E-state index in [2.05, 4.69) is 20.8 Å². The van der Waals surface area contributed by atoms with Crippen LogP contribution < -0.4 is 10.6 Å². The van der Waals surface area contributed by atoms with E-state index < -0.39 is 29.4 Å². The summed E-state index contributed by atoms with van der Waals surface area (Å²) in [6.45, 7) is 15.6. The van der Waals surface area contributed by atoms with Gasteiger partial charge in [-0.05, 0) is 73.3 Å². The first kappa shape index (κ1) is 31.9. The Morgan fingerprint density at radius 1 is 0.927 bits per heavy atom. The molecule has 11 nitrogen and oxygen atoms in total. The van der Waals surface area contributed by atoms with Crippen LogP contribution in [0.3, 0.4) is 0 Å². The van der Waals surface area contributed by atoms with Crippen LogP contribution in [0.5, 0.6) is 0 Å². The number of benzene rings is 1. The Morgan fingerprint density at radius 3 is 2.02 bits per heavy atom. The minimum absolute atomic E-state index is 0.135. The summed E-state index contributed by atoms with van der Waals surface area (Å²) >= 11 is 0. The molecule has 11 heteroatoms. The van der Waals surface area contributed by atoms with Gasteiger partial charge in [0.2, 0.25) is 17.7 Å². The topological polar surface area (TPSA) is 136 Å². The zero-order valence-electron chi connectivity index (χ0n) is 25.6. The molecule has 2 aromatic rings. The van der Waals surface area contributed by atoms with E-state index in [1.165, 1.54) is 0 Å². The van der Waals surface area contributed by atoms with Gasteiger partial charge in [-0.2, -0.15) is 0 Å². The average Bonchev–Trinajstić information content (AvgIpc) is 3.36. The van der Waals surface area contributed by atoms with Gasteiger partial charge < -0.3 is 29.4 Å². The lowest BCUT2D eigenvalue weighted by molar-refractivity contribution is -0.127. The summed E-state index contributed by atoms with van der Waals surface area (Å²) in [6, 6.07) is 6.91. The number of piperidine rings is 1. The van der Waals surface area contributed by atoms with Crippen LogP contribution in [0.4, 0.5) is 9.59 Å². The monoisotopic (exact) mass is 571 g/mol. The van der Waals surface area contributed by atoms with E-state index in [9.17, 15) is 14.4 Å². The highest BCUT2D eigenvalue weighted by atomic mass is 16.6. The molecule has 1 aliphatic heterocycles. The van der Waals surface area contributed by atoms with Gasteiger partial charge in [0.1, 0.15) is 23.3 Å². The van der Waals surface area contributed by atoms with E-state index in [0.717, 1.165) is 11.1 Å². The smallest absolute Gasteiger partial charge is 0.410 e. The number of nitrogens with zero attached hydrogens (tertiary/aromatic N) is 3. The molecular weight excluding hydrogens is 526 g/mol. The molecule has 2 N–H and O–H groups in total. The minimum Gasteiger partial charge on any atom is -0.444 e. The molecule has 0 unspecified atom stereocenters. The van der Waals surface area contributed by atoms with Gasteiger partial charge in [-0.15, -0.1) is 10.2 Å². The zero-order valence-corrected chi connectivity index (χ0v) is 25.6. The molecule has 1 aliphatic rings. The molecular formula is C30H45N5O6. The third-order valence-electron chi connectivity index (χ3n) is 6.55. The Hall–Kier alpha value is -3.63. The molecule has 41 heavy (non-hydrogen) atoms. The summed E-state index contributed by atoms with van der Waals surface area (Å²) in [6.07, 6.45) is 1.06. The van der Waals surface area contributed by atoms with Crippen LogP contribution in [0.2, 0.25) is 0 Å². The fourth-order valence-corrected chi connectivity index (χ4v) is 4.42. The van der Waals surface area contributed by atoms with Crippen molar-refractivity contribution in [3.63, 3.8) is 0 Å². The average molecular weight is 572 g/mol. The first-order valence-corrected chi connectivity index (χ1v) is 14.3. The SMILES string of the molecule is CC[C@H](NC(=O)OC(C)(C)C)c1nnc([C@H](Cc2ccc(C)cc2)NC(=O)C2CCN(C(=O)OC(C)(C)C)CC2)o1. The largest absolute Gasteiger partial charge is 0.444 e. The molecule has 3 amide bonds. The number of aromatic nitrogens is 2. The normalized spacial score (nSPS) is 16.0. The molecule has 0 radical (unpaired) electrons. The quantitative estimate of drug-likeness (QED) is 0.430. The number of ether oxygens (including phenoxy) is 2. The van der Waals surface area contributed by atoms with Gasteiger partial charge in [-0.3, -0.25) is 4.79 Å². The number of amides is 3. The van der Waals surface area contributed by atoms with Gasteiger partial charge >= 0.3 is 12.2 Å². The molecule has 0 saturated carbocycles. The summed E-state index contributed by atoms with van der Waals surface area (Å²) in [4.78, 5) is 39.8. The highest BCUT2D eigenvalue weighted by Crippen LogP contribution is 2.25. The van der Waals surface area contributed by atoms with Crippen LogP contribution in [-0.2, 0) is 20.7 Å². The van der Waals surface area contributed by atoms with Gasteiger partial charge in [-0.1, -0.05) is 36.8 Å². The molecule has 3 rings (SSSR count). The van der Waals surface area contributed by atoms with Gasteiger partial charge in [-0.25, -0.2) is 9.59 Å². The molecule has 1 aromatic heterocycles. The van der Waals surface area contributed by atoms with Crippen LogP contribution in [0.1, 0.15) is 103 Å². The third-order valence-corrected chi connectivity index (χ3v) is 6.55. The zero-order chi connectivity index (χ0) is 30.4. The van der Waals surface area contributed by atoms with Crippen molar-refractivity contribution < 1.29 is 28.3 Å². The predicted octanol–water partition coefficient (Wildman–Crippen LogP) is 5.40. The standard InChI is InChI=1S/C30H45N5O6/c1-9-22(32-27(37)40-29(3,4)5)25-33-34-26(39-25)23(18-20-12-10-19(2)11-13-20)31-24(36)21-14-16-35(17-15-21)28(38)41-30(6,7)8/h10-13,21-23H,9,14-18H2,1-8H3,(H,31,36)(H,32,37)/t22-,23-/m0/s1. The number of carbonyl (C=O) groups excluding carboxylic acids is 3. The fourth-order valence-electron chi connectivity index (χ4n) is 4.42. The van der Waals surface area contributed by atoms with Gasteiger partial charge in [0.25, 0.3) is 0 Å². The van der Waals surface area contributed by atoms with Crippen molar-refractivity contribution >= 4 is 18.1 Å². The first-order chi connectivity index (χ1) is 19.1. The van der Waals surface area contributed by atoms with Crippen molar-refractivity contribution in [2.24, 2.45) is 5.92 Å². The lowest BCUT2D eigenvalue weighted by atomic mass is 9.95. The number of nitrogens with one attached hydrogen (secondary N) is 2. The second-order valence-electron chi connectivity index (χ2n) is 12.6. The van der Waals surface area contributed by atoms with Crippen molar-refractivity contribution in [2.75, 3.05) is 13.1 Å². The summed E-state index contributed by atoms with van der Waals surface area (Å²) in [5.74, 6) is 0.0881. The van der Waals surface area contributed by atoms with E-state index in [0.29, 0.717) is 38.8 Å². The Balaban J connectivity index is 1.72. The molecule has 2 heterocycles. The lowest BCUT2D eigenvalue weighted by Gasteiger charge is -2.33.